The lowest BCUT2D eigenvalue weighted by molar-refractivity contribution is 0.764. The van der Waals surface area contributed by atoms with E-state index < -0.39 is 0 Å². The highest BCUT2D eigenvalue weighted by molar-refractivity contribution is 7.80. The van der Waals surface area contributed by atoms with Gasteiger partial charge in [-0.25, -0.2) is 0 Å². The van der Waals surface area contributed by atoms with E-state index in [0.29, 0.717) is 5.92 Å². The highest BCUT2D eigenvalue weighted by Gasteiger charge is 2.12. The van der Waals surface area contributed by atoms with Gasteiger partial charge in [-0.1, -0.05) is 91.0 Å². The van der Waals surface area contributed by atoms with Gasteiger partial charge in [0.05, 0.1) is 0 Å². The fraction of sp³-hybridized carbons (Fsp3) is 0.120. The fourth-order valence-corrected chi connectivity index (χ4v) is 3.72. The normalized spacial score (nSPS) is 16.3. The molecule has 26 heavy (non-hydrogen) atoms. The maximum atomic E-state index is 4.46. The Bertz CT molecular complexity index is 933. The average Bonchev–Trinajstić information content (AvgIpc) is 2.75. The van der Waals surface area contributed by atoms with Crippen LogP contribution in [0.1, 0.15) is 12.0 Å². The summed E-state index contributed by atoms with van der Waals surface area (Å²) in [5.41, 5.74) is 7.73. The first-order valence-electron chi connectivity index (χ1n) is 9.08. The highest BCUT2D eigenvalue weighted by Crippen LogP contribution is 2.31. The lowest BCUT2D eigenvalue weighted by atomic mass is 9.89. The number of thiol groups is 1. The summed E-state index contributed by atoms with van der Waals surface area (Å²) < 4.78 is 0. The third-order valence-electron chi connectivity index (χ3n) is 4.96. The van der Waals surface area contributed by atoms with Gasteiger partial charge in [0.15, 0.2) is 0 Å². The number of hydrogen-bond donors (Lipinski definition) is 1. The van der Waals surface area contributed by atoms with Crippen LogP contribution in [-0.4, -0.2) is 5.75 Å². The first-order valence-corrected chi connectivity index (χ1v) is 9.71. The molecular formula is C25H22S. The van der Waals surface area contributed by atoms with Gasteiger partial charge in [0.25, 0.3) is 0 Å². The van der Waals surface area contributed by atoms with Crippen LogP contribution in [0.5, 0.6) is 0 Å². The van der Waals surface area contributed by atoms with Crippen molar-refractivity contribution in [2.24, 2.45) is 5.92 Å². The Hall–Kier alpha value is -2.51. The van der Waals surface area contributed by atoms with Gasteiger partial charge in [-0.2, -0.15) is 12.6 Å². The Kier molecular flexibility index (Phi) is 5.08. The zero-order valence-electron chi connectivity index (χ0n) is 14.7. The second-order valence-electron chi connectivity index (χ2n) is 6.75. The van der Waals surface area contributed by atoms with E-state index in [1.807, 2.05) is 0 Å². The van der Waals surface area contributed by atoms with Crippen molar-refractivity contribution in [3.05, 3.63) is 103 Å². The topological polar surface area (TPSA) is 0 Å². The maximum absolute atomic E-state index is 4.46. The average molecular weight is 355 g/mol. The van der Waals surface area contributed by atoms with E-state index in [9.17, 15) is 0 Å². The molecule has 0 N–H and O–H groups in total. The third-order valence-corrected chi connectivity index (χ3v) is 5.43. The van der Waals surface area contributed by atoms with Crippen LogP contribution < -0.4 is 0 Å². The van der Waals surface area contributed by atoms with Crippen molar-refractivity contribution in [3.8, 4) is 22.3 Å². The lowest BCUT2D eigenvalue weighted by Gasteiger charge is -2.17. The molecule has 0 fully saturated rings. The summed E-state index contributed by atoms with van der Waals surface area (Å²) in [5, 5.41) is 0. The van der Waals surface area contributed by atoms with E-state index in [4.69, 9.17) is 0 Å². The summed E-state index contributed by atoms with van der Waals surface area (Å²) >= 11 is 4.46. The second-order valence-corrected chi connectivity index (χ2v) is 7.11. The smallest absolute Gasteiger partial charge is 0.00315 e. The van der Waals surface area contributed by atoms with E-state index >= 15 is 0 Å². The van der Waals surface area contributed by atoms with E-state index in [1.54, 1.807) is 0 Å². The minimum Gasteiger partial charge on any atom is -0.179 e. The third kappa shape index (κ3) is 3.68. The molecule has 0 nitrogen and oxygen atoms in total. The highest BCUT2D eigenvalue weighted by atomic mass is 32.1. The van der Waals surface area contributed by atoms with Gasteiger partial charge in [-0.05, 0) is 57.5 Å². The number of benzene rings is 3. The molecule has 128 valence electrons. The zero-order valence-corrected chi connectivity index (χ0v) is 15.6. The van der Waals surface area contributed by atoms with E-state index in [1.165, 1.54) is 33.4 Å². The van der Waals surface area contributed by atoms with Crippen LogP contribution in [0.3, 0.4) is 0 Å². The van der Waals surface area contributed by atoms with Crippen molar-refractivity contribution in [1.82, 2.24) is 0 Å². The first-order chi connectivity index (χ1) is 12.8. The Morgan fingerprint density at radius 2 is 1.31 bits per heavy atom. The Morgan fingerprint density at radius 1 is 0.692 bits per heavy atom. The Morgan fingerprint density at radius 3 is 2.04 bits per heavy atom. The molecule has 0 aromatic heterocycles. The SMILES string of the molecule is SCC1C=CC=C(c2cccc(-c3ccc(-c4ccccc4)cc3)c2)C1. The van der Waals surface area contributed by atoms with Crippen LogP contribution in [0.4, 0.5) is 0 Å². The summed E-state index contributed by atoms with van der Waals surface area (Å²) in [7, 11) is 0. The predicted molar refractivity (Wildman–Crippen MR) is 116 cm³/mol. The van der Waals surface area contributed by atoms with Crippen molar-refractivity contribution < 1.29 is 0 Å². The Balaban J connectivity index is 1.61. The molecule has 0 amide bonds. The standard InChI is InChI=1S/C25H22S/c26-18-19-6-4-9-23(16-19)25-11-5-10-24(17-25)22-14-12-21(13-15-22)20-7-2-1-3-8-20/h1-15,17,19,26H,16,18H2. The molecule has 0 saturated carbocycles. The molecule has 0 bridgehead atoms. The number of allylic oxidation sites excluding steroid dienone is 4. The van der Waals surface area contributed by atoms with Gasteiger partial charge in [0, 0.05) is 0 Å². The van der Waals surface area contributed by atoms with Crippen LogP contribution in [0.25, 0.3) is 27.8 Å². The molecule has 0 aliphatic heterocycles. The van der Waals surface area contributed by atoms with Crippen molar-refractivity contribution in [3.63, 3.8) is 0 Å². The minimum absolute atomic E-state index is 0.534. The molecule has 1 aliphatic carbocycles. The summed E-state index contributed by atoms with van der Waals surface area (Å²) in [5.74, 6) is 1.43. The predicted octanol–water partition coefficient (Wildman–Crippen LogP) is 6.91. The Labute approximate surface area is 161 Å². The molecule has 1 atom stereocenters. The first kappa shape index (κ1) is 16.9. The quantitative estimate of drug-likeness (QED) is 0.483. The molecule has 0 heterocycles. The summed E-state index contributed by atoms with van der Waals surface area (Å²) in [4.78, 5) is 0. The van der Waals surface area contributed by atoms with Crippen LogP contribution in [0, 0.1) is 5.92 Å². The minimum atomic E-state index is 0.534. The zero-order chi connectivity index (χ0) is 17.8. The molecule has 3 aromatic rings. The van der Waals surface area contributed by atoms with Crippen molar-refractivity contribution in [1.29, 1.82) is 0 Å². The van der Waals surface area contributed by atoms with E-state index in [0.717, 1.165) is 12.2 Å². The van der Waals surface area contributed by atoms with Crippen molar-refractivity contribution in [2.45, 2.75) is 6.42 Å². The molecule has 1 heteroatoms. The summed E-state index contributed by atoms with van der Waals surface area (Å²) in [6, 6.07) is 28.2. The van der Waals surface area contributed by atoms with Gasteiger partial charge < -0.3 is 0 Å². The van der Waals surface area contributed by atoms with Gasteiger partial charge >= 0.3 is 0 Å². The van der Waals surface area contributed by atoms with Crippen molar-refractivity contribution in [2.75, 3.05) is 5.75 Å². The molecule has 0 radical (unpaired) electrons. The van der Waals surface area contributed by atoms with Crippen molar-refractivity contribution >= 4 is 18.2 Å². The number of hydrogen-bond acceptors (Lipinski definition) is 1. The van der Waals surface area contributed by atoms with Crippen LogP contribution in [0.2, 0.25) is 0 Å². The number of rotatable bonds is 4. The van der Waals surface area contributed by atoms with E-state index in [2.05, 4.69) is 110 Å². The molecule has 0 spiro atoms. The van der Waals surface area contributed by atoms with Gasteiger partial charge in [0.2, 0.25) is 0 Å². The molecule has 1 unspecified atom stereocenters. The molecule has 3 aromatic carbocycles. The summed E-state index contributed by atoms with van der Waals surface area (Å²) in [6.45, 7) is 0. The molecular weight excluding hydrogens is 332 g/mol. The van der Waals surface area contributed by atoms with Crippen LogP contribution in [0.15, 0.2) is 97.1 Å². The van der Waals surface area contributed by atoms with Gasteiger partial charge in [-0.3, -0.25) is 0 Å². The molecule has 0 saturated heterocycles. The van der Waals surface area contributed by atoms with E-state index in [-0.39, 0.29) is 0 Å². The maximum Gasteiger partial charge on any atom is -0.00315 e. The lowest BCUT2D eigenvalue weighted by Crippen LogP contribution is -2.03. The largest absolute Gasteiger partial charge is 0.179 e. The second kappa shape index (κ2) is 7.80. The molecule has 4 rings (SSSR count). The van der Waals surface area contributed by atoms with Gasteiger partial charge in [0.1, 0.15) is 0 Å². The van der Waals surface area contributed by atoms with Gasteiger partial charge in [-0.15, -0.1) is 0 Å². The monoisotopic (exact) mass is 354 g/mol. The fourth-order valence-electron chi connectivity index (χ4n) is 3.47. The van der Waals surface area contributed by atoms with Crippen LogP contribution in [-0.2, 0) is 0 Å². The van der Waals surface area contributed by atoms with Crippen LogP contribution >= 0.6 is 12.6 Å². The molecule has 1 aliphatic rings. The summed E-state index contributed by atoms with van der Waals surface area (Å²) in [6.07, 6.45) is 7.72.